The van der Waals surface area contributed by atoms with E-state index in [2.05, 4.69) is 11.9 Å². The molecule has 0 aliphatic heterocycles. The topological polar surface area (TPSA) is 50.2 Å². The minimum Gasteiger partial charge on any atom is -0.476 e. The number of aromatic carboxylic acids is 1. The van der Waals surface area contributed by atoms with E-state index in [1.54, 1.807) is 17.1 Å². The van der Waals surface area contributed by atoms with Crippen LogP contribution in [-0.2, 0) is 0 Å². The summed E-state index contributed by atoms with van der Waals surface area (Å²) in [7, 11) is 0. The van der Waals surface area contributed by atoms with Crippen LogP contribution in [0.4, 0.5) is 0 Å². The van der Waals surface area contributed by atoms with Crippen LogP contribution in [0.3, 0.4) is 0 Å². The van der Waals surface area contributed by atoms with Gasteiger partial charge in [0.15, 0.2) is 0 Å². The van der Waals surface area contributed by atoms with Crippen molar-refractivity contribution in [3.05, 3.63) is 34.7 Å². The molecule has 0 aliphatic carbocycles. The SMILES string of the molecule is CCSc1ccc(-c2csc(C(=O)O)n2)cc1. The zero-order valence-corrected chi connectivity index (χ0v) is 10.8. The Morgan fingerprint density at radius 2 is 2.12 bits per heavy atom. The molecule has 5 heteroatoms. The third kappa shape index (κ3) is 2.87. The molecule has 1 aromatic carbocycles. The molecule has 0 bridgehead atoms. The van der Waals surface area contributed by atoms with Crippen molar-refractivity contribution < 1.29 is 9.90 Å². The van der Waals surface area contributed by atoms with Crippen LogP contribution in [-0.4, -0.2) is 21.8 Å². The summed E-state index contributed by atoms with van der Waals surface area (Å²) in [5.74, 6) is 0.0681. The van der Waals surface area contributed by atoms with Gasteiger partial charge in [0.2, 0.25) is 5.01 Å². The Labute approximate surface area is 108 Å². The molecule has 1 N–H and O–H groups in total. The number of rotatable bonds is 4. The number of thioether (sulfide) groups is 1. The van der Waals surface area contributed by atoms with Crippen molar-refractivity contribution in [2.75, 3.05) is 5.75 Å². The van der Waals surface area contributed by atoms with E-state index in [0.29, 0.717) is 0 Å². The number of thiazole rings is 1. The molecule has 17 heavy (non-hydrogen) atoms. The lowest BCUT2D eigenvalue weighted by atomic mass is 10.2. The third-order valence-corrected chi connectivity index (χ3v) is 3.87. The summed E-state index contributed by atoms with van der Waals surface area (Å²) >= 11 is 2.93. The normalized spacial score (nSPS) is 10.4. The molecule has 1 aromatic heterocycles. The van der Waals surface area contributed by atoms with E-state index in [1.165, 1.54) is 4.90 Å². The summed E-state index contributed by atoms with van der Waals surface area (Å²) < 4.78 is 0. The van der Waals surface area contributed by atoms with Gasteiger partial charge in [-0.3, -0.25) is 0 Å². The molecule has 0 unspecified atom stereocenters. The predicted molar refractivity (Wildman–Crippen MR) is 70.9 cm³/mol. The molecule has 1 heterocycles. The Hall–Kier alpha value is -1.33. The number of carboxylic acids is 1. The fourth-order valence-corrected chi connectivity index (χ4v) is 2.72. The maximum atomic E-state index is 10.7. The van der Waals surface area contributed by atoms with Gasteiger partial charge in [-0.1, -0.05) is 19.1 Å². The smallest absolute Gasteiger partial charge is 0.365 e. The van der Waals surface area contributed by atoms with Crippen LogP contribution in [0.25, 0.3) is 11.3 Å². The van der Waals surface area contributed by atoms with Crippen molar-refractivity contribution >= 4 is 29.1 Å². The van der Waals surface area contributed by atoms with Gasteiger partial charge in [-0.05, 0) is 17.9 Å². The predicted octanol–water partition coefficient (Wildman–Crippen LogP) is 3.62. The van der Waals surface area contributed by atoms with Crippen molar-refractivity contribution in [1.29, 1.82) is 0 Å². The Bertz CT molecular complexity index is 520. The van der Waals surface area contributed by atoms with E-state index >= 15 is 0 Å². The number of hydrogen-bond donors (Lipinski definition) is 1. The highest BCUT2D eigenvalue weighted by molar-refractivity contribution is 7.99. The van der Waals surface area contributed by atoms with Crippen LogP contribution in [0, 0.1) is 0 Å². The number of carbonyl (C=O) groups is 1. The molecule has 0 aliphatic rings. The van der Waals surface area contributed by atoms with Gasteiger partial charge in [0.05, 0.1) is 5.69 Å². The maximum Gasteiger partial charge on any atom is 0.365 e. The highest BCUT2D eigenvalue weighted by atomic mass is 32.2. The van der Waals surface area contributed by atoms with Crippen LogP contribution in [0.15, 0.2) is 34.5 Å². The fraction of sp³-hybridized carbons (Fsp3) is 0.167. The number of hydrogen-bond acceptors (Lipinski definition) is 4. The van der Waals surface area contributed by atoms with Gasteiger partial charge in [-0.15, -0.1) is 23.1 Å². The maximum absolute atomic E-state index is 10.7. The summed E-state index contributed by atoms with van der Waals surface area (Å²) in [6, 6.07) is 8.00. The van der Waals surface area contributed by atoms with E-state index in [0.717, 1.165) is 28.3 Å². The van der Waals surface area contributed by atoms with Crippen molar-refractivity contribution in [1.82, 2.24) is 4.98 Å². The zero-order valence-electron chi connectivity index (χ0n) is 9.21. The summed E-state index contributed by atoms with van der Waals surface area (Å²) in [4.78, 5) is 16.0. The molecule has 0 spiro atoms. The lowest BCUT2D eigenvalue weighted by Gasteiger charge is -2.00. The monoisotopic (exact) mass is 265 g/mol. The number of nitrogens with zero attached hydrogens (tertiary/aromatic N) is 1. The first kappa shape index (κ1) is 12.1. The van der Waals surface area contributed by atoms with E-state index in [-0.39, 0.29) is 5.01 Å². The Morgan fingerprint density at radius 1 is 1.41 bits per heavy atom. The lowest BCUT2D eigenvalue weighted by Crippen LogP contribution is -1.94. The second kappa shape index (κ2) is 5.33. The summed E-state index contributed by atoms with van der Waals surface area (Å²) in [6.07, 6.45) is 0. The largest absolute Gasteiger partial charge is 0.476 e. The molecule has 0 saturated heterocycles. The van der Waals surface area contributed by atoms with Gasteiger partial charge in [0.25, 0.3) is 0 Å². The number of benzene rings is 1. The lowest BCUT2D eigenvalue weighted by molar-refractivity contribution is 0.0696. The molecular formula is C12H11NO2S2. The van der Waals surface area contributed by atoms with E-state index in [9.17, 15) is 4.79 Å². The second-order valence-electron chi connectivity index (χ2n) is 3.30. The summed E-state index contributed by atoms with van der Waals surface area (Å²) in [5.41, 5.74) is 1.68. The zero-order chi connectivity index (χ0) is 12.3. The van der Waals surface area contributed by atoms with Crippen LogP contribution >= 0.6 is 23.1 Å². The summed E-state index contributed by atoms with van der Waals surface area (Å²) in [5, 5.41) is 10.7. The number of aromatic nitrogens is 1. The Morgan fingerprint density at radius 3 is 2.65 bits per heavy atom. The van der Waals surface area contributed by atoms with Gasteiger partial charge < -0.3 is 5.11 Å². The van der Waals surface area contributed by atoms with Gasteiger partial charge in [-0.2, -0.15) is 0 Å². The molecule has 3 nitrogen and oxygen atoms in total. The van der Waals surface area contributed by atoms with Gasteiger partial charge in [0, 0.05) is 15.8 Å². The minimum atomic E-state index is -0.973. The van der Waals surface area contributed by atoms with E-state index in [1.807, 2.05) is 24.3 Å². The van der Waals surface area contributed by atoms with E-state index < -0.39 is 5.97 Å². The van der Waals surface area contributed by atoms with Crippen molar-refractivity contribution in [2.24, 2.45) is 0 Å². The Balaban J connectivity index is 2.23. The second-order valence-corrected chi connectivity index (χ2v) is 5.50. The first-order valence-corrected chi connectivity index (χ1v) is 6.99. The first-order chi connectivity index (χ1) is 8.20. The third-order valence-electron chi connectivity index (χ3n) is 2.15. The first-order valence-electron chi connectivity index (χ1n) is 5.12. The van der Waals surface area contributed by atoms with Crippen LogP contribution in [0.2, 0.25) is 0 Å². The molecule has 88 valence electrons. The fourth-order valence-electron chi connectivity index (χ4n) is 1.39. The standard InChI is InChI=1S/C12H11NO2S2/c1-2-16-9-5-3-8(4-6-9)10-7-17-11(13-10)12(14)15/h3-7H,2H2,1H3,(H,14,15). The van der Waals surface area contributed by atoms with Crippen LogP contribution in [0.1, 0.15) is 16.7 Å². The number of carboxylic acid groups (broad SMARTS) is 1. The molecule has 0 radical (unpaired) electrons. The van der Waals surface area contributed by atoms with Crippen LogP contribution < -0.4 is 0 Å². The Kier molecular flexibility index (Phi) is 3.81. The minimum absolute atomic E-state index is 0.131. The molecule has 2 aromatic rings. The highest BCUT2D eigenvalue weighted by Gasteiger charge is 2.09. The van der Waals surface area contributed by atoms with Crippen molar-refractivity contribution in [3.63, 3.8) is 0 Å². The molecule has 0 fully saturated rings. The molecule has 0 saturated carbocycles. The van der Waals surface area contributed by atoms with E-state index in [4.69, 9.17) is 5.11 Å². The van der Waals surface area contributed by atoms with Crippen LogP contribution in [0.5, 0.6) is 0 Å². The van der Waals surface area contributed by atoms with Gasteiger partial charge in [-0.25, -0.2) is 9.78 Å². The average Bonchev–Trinajstić information content (AvgIpc) is 2.80. The molecule has 0 amide bonds. The van der Waals surface area contributed by atoms with Gasteiger partial charge >= 0.3 is 5.97 Å². The molecule has 0 atom stereocenters. The van der Waals surface area contributed by atoms with Crippen molar-refractivity contribution in [3.8, 4) is 11.3 Å². The van der Waals surface area contributed by atoms with Gasteiger partial charge in [0.1, 0.15) is 0 Å². The van der Waals surface area contributed by atoms with Crippen molar-refractivity contribution in [2.45, 2.75) is 11.8 Å². The average molecular weight is 265 g/mol. The molecular weight excluding hydrogens is 254 g/mol. The quantitative estimate of drug-likeness (QED) is 0.858. The molecule has 2 rings (SSSR count). The highest BCUT2D eigenvalue weighted by Crippen LogP contribution is 2.25. The summed E-state index contributed by atoms with van der Waals surface area (Å²) in [6.45, 7) is 2.11.